The quantitative estimate of drug-likeness (QED) is 0.00951. The van der Waals surface area contributed by atoms with E-state index in [9.17, 15) is 58.9 Å². The molecule has 1 aliphatic carbocycles. The first-order valence-corrected chi connectivity index (χ1v) is 27.0. The fourth-order valence-corrected chi connectivity index (χ4v) is 8.43. The zero-order chi connectivity index (χ0) is 49.1. The van der Waals surface area contributed by atoms with E-state index < -0.39 is 89.6 Å². The van der Waals surface area contributed by atoms with Gasteiger partial charge in [0.25, 0.3) is 0 Å². The van der Waals surface area contributed by atoms with Crippen molar-refractivity contribution in [2.75, 3.05) is 13.2 Å². The van der Waals surface area contributed by atoms with E-state index >= 15 is 0 Å². The van der Waals surface area contributed by atoms with E-state index in [4.69, 9.17) is 18.5 Å². The summed E-state index contributed by atoms with van der Waals surface area (Å²) in [6.45, 7) is 2.90. The maximum atomic E-state index is 13.0. The maximum Gasteiger partial charge on any atom is 0.472 e. The minimum Gasteiger partial charge on any atom is -0.462 e. The molecule has 382 valence electrons. The Morgan fingerprint density at radius 3 is 1.68 bits per heavy atom. The van der Waals surface area contributed by atoms with Crippen LogP contribution in [0.4, 0.5) is 0 Å². The zero-order valence-electron chi connectivity index (χ0n) is 39.2. The Morgan fingerprint density at radius 1 is 0.561 bits per heavy atom. The number of aliphatic hydroxyl groups is 5. The minimum atomic E-state index is -5.39. The molecule has 1 aliphatic rings. The van der Waals surface area contributed by atoms with Crippen LogP contribution in [0.1, 0.15) is 162 Å². The van der Waals surface area contributed by atoms with Crippen molar-refractivity contribution in [3.63, 3.8) is 0 Å². The molecular formula is C47H82O17P2. The highest BCUT2D eigenvalue weighted by molar-refractivity contribution is 7.47. The normalized spacial score (nSPS) is 22.5. The molecule has 0 aromatic rings. The summed E-state index contributed by atoms with van der Waals surface area (Å²) < 4.78 is 49.2. The standard InChI is InChI=1S/C47H82O17P2/c1-3-5-7-9-11-13-15-17-18-20-22-24-26-28-30-34-40(49)60-36-39(37-61-66(58,59)64-47-44(53)42(51)43(52)46(45(47)54)63-65(55,56)57)62-41(50)35-31-33-38(48)32-29-27-25-23-21-19-16-14-12-10-8-6-4-2/h12-15,19,21,25,27,29,32,38-39,42-48,51-54H,3-11,16-18,20,22-24,26,28,30-31,33-37H2,1-2H3,(H,58,59)(H2,55,56,57)/b14-12-,15-13-,21-19-,27-25-,32-29+/t38-,39+,42?,43?,44?,45?,46+,47-/m0/s1. The molecule has 0 bridgehead atoms. The number of esters is 2. The van der Waals surface area contributed by atoms with Crippen LogP contribution in [0.5, 0.6) is 0 Å². The second-order valence-electron chi connectivity index (χ2n) is 16.7. The summed E-state index contributed by atoms with van der Waals surface area (Å²) in [5.41, 5.74) is 0. The monoisotopic (exact) mass is 981 g/mol. The van der Waals surface area contributed by atoms with Crippen molar-refractivity contribution in [2.45, 2.75) is 210 Å². The summed E-state index contributed by atoms with van der Waals surface area (Å²) in [6, 6.07) is 0. The van der Waals surface area contributed by atoms with Crippen LogP contribution in [0.15, 0.2) is 60.8 Å². The molecule has 1 rings (SSSR count). The fraction of sp³-hybridized carbons (Fsp3) is 0.745. The van der Waals surface area contributed by atoms with E-state index in [-0.39, 0.29) is 25.7 Å². The van der Waals surface area contributed by atoms with Crippen LogP contribution in [-0.4, -0.2) is 114 Å². The van der Waals surface area contributed by atoms with Crippen molar-refractivity contribution < 1.29 is 82.0 Å². The van der Waals surface area contributed by atoms with E-state index in [2.05, 4.69) is 54.8 Å². The number of carbonyl (C=O) groups excluding carboxylic acids is 2. The molecule has 0 aromatic heterocycles. The van der Waals surface area contributed by atoms with Gasteiger partial charge in [0, 0.05) is 12.8 Å². The molecule has 9 atom stereocenters. The fourth-order valence-electron chi connectivity index (χ4n) is 6.89. The summed E-state index contributed by atoms with van der Waals surface area (Å²) in [5.74, 6) is -1.42. The van der Waals surface area contributed by atoms with Gasteiger partial charge in [-0.3, -0.25) is 23.2 Å². The second-order valence-corrected chi connectivity index (χ2v) is 19.3. The van der Waals surface area contributed by atoms with Crippen LogP contribution in [0.2, 0.25) is 0 Å². The number of carbonyl (C=O) groups is 2. The van der Waals surface area contributed by atoms with Crippen molar-refractivity contribution in [2.24, 2.45) is 0 Å². The highest BCUT2D eigenvalue weighted by Crippen LogP contribution is 2.49. The molecule has 1 fully saturated rings. The lowest BCUT2D eigenvalue weighted by Crippen LogP contribution is -2.64. The highest BCUT2D eigenvalue weighted by atomic mass is 31.2. The molecule has 66 heavy (non-hydrogen) atoms. The predicted molar refractivity (Wildman–Crippen MR) is 252 cm³/mol. The predicted octanol–water partition coefficient (Wildman–Crippen LogP) is 8.03. The summed E-state index contributed by atoms with van der Waals surface area (Å²) in [6.07, 6.45) is 24.8. The third kappa shape index (κ3) is 31.7. The van der Waals surface area contributed by atoms with E-state index in [0.717, 1.165) is 70.6 Å². The first-order chi connectivity index (χ1) is 31.5. The lowest BCUT2D eigenvalue weighted by Gasteiger charge is -2.43. The highest BCUT2D eigenvalue weighted by Gasteiger charge is 2.54. The Labute approximate surface area is 392 Å². The average Bonchev–Trinajstić information content (AvgIpc) is 3.26. The number of phosphoric ester groups is 2. The molecule has 1 saturated carbocycles. The Bertz CT molecular complexity index is 1530. The van der Waals surface area contributed by atoms with Gasteiger partial charge < -0.3 is 49.7 Å². The van der Waals surface area contributed by atoms with Crippen LogP contribution in [0, 0.1) is 0 Å². The van der Waals surface area contributed by atoms with Gasteiger partial charge in [0.05, 0.1) is 12.7 Å². The first kappa shape index (κ1) is 61.7. The number of hydrogen-bond donors (Lipinski definition) is 8. The first-order valence-electron chi connectivity index (χ1n) is 23.9. The number of rotatable bonds is 39. The summed E-state index contributed by atoms with van der Waals surface area (Å²) in [7, 11) is -10.8. The SMILES string of the molecule is CCCCC/C=C\C/C=C\C/C=C\C=C\[C@H](O)CCCC(=O)O[C@H](COC(=O)CCCCCCCCC/C=C\CCCCCC)COP(=O)(O)O[C@H]1C(O)C(O)C(O)[C@@H](OP(=O)(O)O)C1O. The van der Waals surface area contributed by atoms with Gasteiger partial charge in [-0.15, -0.1) is 0 Å². The summed E-state index contributed by atoms with van der Waals surface area (Å²) >= 11 is 0. The molecule has 0 aromatic carbocycles. The Hall–Kier alpha value is -2.34. The van der Waals surface area contributed by atoms with Gasteiger partial charge in [-0.1, -0.05) is 139 Å². The minimum absolute atomic E-state index is 0.0732. The third-order valence-corrected chi connectivity index (χ3v) is 12.2. The van der Waals surface area contributed by atoms with Gasteiger partial charge >= 0.3 is 27.6 Å². The van der Waals surface area contributed by atoms with Gasteiger partial charge in [-0.25, -0.2) is 9.13 Å². The van der Waals surface area contributed by atoms with Crippen molar-refractivity contribution in [3.8, 4) is 0 Å². The van der Waals surface area contributed by atoms with Gasteiger partial charge in [0.1, 0.15) is 43.2 Å². The van der Waals surface area contributed by atoms with Crippen LogP contribution >= 0.6 is 15.6 Å². The molecule has 5 unspecified atom stereocenters. The lowest BCUT2D eigenvalue weighted by atomic mass is 9.85. The van der Waals surface area contributed by atoms with Gasteiger partial charge in [0.15, 0.2) is 6.10 Å². The van der Waals surface area contributed by atoms with Gasteiger partial charge in [-0.2, -0.15) is 0 Å². The molecule has 0 heterocycles. The topological polar surface area (TPSA) is 276 Å². The molecule has 0 radical (unpaired) electrons. The van der Waals surface area contributed by atoms with Crippen molar-refractivity contribution in [1.29, 1.82) is 0 Å². The number of allylic oxidation sites excluding steroid dienone is 9. The van der Waals surface area contributed by atoms with Crippen LogP contribution < -0.4 is 0 Å². The van der Waals surface area contributed by atoms with Crippen molar-refractivity contribution in [3.05, 3.63) is 60.8 Å². The number of phosphoric acid groups is 2. The molecule has 0 amide bonds. The Morgan fingerprint density at radius 2 is 1.06 bits per heavy atom. The number of unbranched alkanes of at least 4 members (excludes halogenated alkanes) is 14. The Balaban J connectivity index is 2.69. The van der Waals surface area contributed by atoms with Crippen LogP contribution in [0.25, 0.3) is 0 Å². The zero-order valence-corrected chi connectivity index (χ0v) is 41.0. The smallest absolute Gasteiger partial charge is 0.462 e. The van der Waals surface area contributed by atoms with E-state index in [1.54, 1.807) is 12.2 Å². The van der Waals surface area contributed by atoms with Crippen molar-refractivity contribution >= 4 is 27.6 Å². The van der Waals surface area contributed by atoms with Crippen LogP contribution in [0.3, 0.4) is 0 Å². The number of hydrogen-bond acceptors (Lipinski definition) is 14. The second kappa shape index (κ2) is 37.5. The average molecular weight is 981 g/mol. The van der Waals surface area contributed by atoms with Gasteiger partial charge in [0.2, 0.25) is 0 Å². The molecule has 0 saturated heterocycles. The van der Waals surface area contributed by atoms with Gasteiger partial charge in [-0.05, 0) is 70.6 Å². The summed E-state index contributed by atoms with van der Waals surface area (Å²) in [5, 5.41) is 51.6. The molecule has 8 N–H and O–H groups in total. The molecule has 17 nitrogen and oxygen atoms in total. The molecular weight excluding hydrogens is 898 g/mol. The molecule has 0 spiro atoms. The van der Waals surface area contributed by atoms with Crippen LogP contribution in [-0.2, 0) is 41.8 Å². The lowest BCUT2D eigenvalue weighted by molar-refractivity contribution is -0.216. The van der Waals surface area contributed by atoms with E-state index in [0.29, 0.717) is 6.42 Å². The van der Waals surface area contributed by atoms with E-state index in [1.807, 2.05) is 12.2 Å². The number of aliphatic hydroxyl groups excluding tert-OH is 5. The molecule has 19 heteroatoms. The largest absolute Gasteiger partial charge is 0.472 e. The Kier molecular flexibility index (Phi) is 35.1. The summed E-state index contributed by atoms with van der Waals surface area (Å²) in [4.78, 5) is 54.3. The van der Waals surface area contributed by atoms with E-state index in [1.165, 1.54) is 44.9 Å². The van der Waals surface area contributed by atoms with Crippen molar-refractivity contribution in [1.82, 2.24) is 0 Å². The third-order valence-electron chi connectivity index (χ3n) is 10.7. The molecule has 0 aliphatic heterocycles. The maximum absolute atomic E-state index is 13.0. The number of ether oxygens (including phenoxy) is 2.